The van der Waals surface area contributed by atoms with Crippen LogP contribution in [0.5, 0.6) is 0 Å². The van der Waals surface area contributed by atoms with Gasteiger partial charge < -0.3 is 11.1 Å². The van der Waals surface area contributed by atoms with Crippen LogP contribution >= 0.6 is 0 Å². The number of anilines is 1. The topological polar surface area (TPSA) is 72.9 Å². The Kier molecular flexibility index (Phi) is 4.34. The number of rotatable bonds is 5. The van der Waals surface area contributed by atoms with E-state index in [9.17, 15) is 4.79 Å². The summed E-state index contributed by atoms with van der Waals surface area (Å²) in [7, 11) is 0. The summed E-state index contributed by atoms with van der Waals surface area (Å²) in [6.07, 6.45) is 3.36. The van der Waals surface area contributed by atoms with Crippen LogP contribution in [0.25, 0.3) is 0 Å². The molecule has 0 spiro atoms. The first-order valence-electron chi connectivity index (χ1n) is 5.76. The SMILES string of the molecule is CCC(CC)NC(=O)c1c(N)cnn1CC. The molecule has 90 valence electrons. The third kappa shape index (κ3) is 2.53. The molecule has 0 aliphatic carbocycles. The number of nitrogens with two attached hydrogens (primary N) is 1. The molecule has 0 atom stereocenters. The molecule has 5 heteroatoms. The van der Waals surface area contributed by atoms with E-state index in [0.717, 1.165) is 12.8 Å². The minimum Gasteiger partial charge on any atom is -0.396 e. The van der Waals surface area contributed by atoms with Crippen molar-refractivity contribution in [1.82, 2.24) is 15.1 Å². The van der Waals surface area contributed by atoms with Crippen LogP contribution in [0.4, 0.5) is 5.69 Å². The molecule has 0 aliphatic heterocycles. The molecule has 0 unspecified atom stereocenters. The van der Waals surface area contributed by atoms with E-state index in [0.29, 0.717) is 17.9 Å². The van der Waals surface area contributed by atoms with Crippen molar-refractivity contribution in [2.24, 2.45) is 0 Å². The predicted octanol–water partition coefficient (Wildman–Crippen LogP) is 1.40. The van der Waals surface area contributed by atoms with Gasteiger partial charge in [0.2, 0.25) is 0 Å². The number of amides is 1. The molecule has 0 aromatic carbocycles. The van der Waals surface area contributed by atoms with Crippen molar-refractivity contribution in [3.8, 4) is 0 Å². The first-order valence-corrected chi connectivity index (χ1v) is 5.76. The lowest BCUT2D eigenvalue weighted by Crippen LogP contribution is -2.35. The first-order chi connectivity index (χ1) is 7.63. The van der Waals surface area contributed by atoms with E-state index in [4.69, 9.17) is 5.73 Å². The highest BCUT2D eigenvalue weighted by Gasteiger charge is 2.17. The van der Waals surface area contributed by atoms with Crippen LogP contribution in [0.2, 0.25) is 0 Å². The molecule has 3 N–H and O–H groups in total. The molecule has 0 saturated heterocycles. The third-order valence-corrected chi connectivity index (χ3v) is 2.70. The van der Waals surface area contributed by atoms with E-state index < -0.39 is 0 Å². The van der Waals surface area contributed by atoms with Crippen LogP contribution in [0.15, 0.2) is 6.20 Å². The van der Waals surface area contributed by atoms with Crippen molar-refractivity contribution in [2.45, 2.75) is 46.2 Å². The molecule has 1 aromatic heterocycles. The van der Waals surface area contributed by atoms with Gasteiger partial charge >= 0.3 is 0 Å². The van der Waals surface area contributed by atoms with Gasteiger partial charge in [-0.2, -0.15) is 5.10 Å². The highest BCUT2D eigenvalue weighted by Crippen LogP contribution is 2.11. The summed E-state index contributed by atoms with van der Waals surface area (Å²) in [6.45, 7) is 6.67. The Hall–Kier alpha value is -1.52. The second-order valence-corrected chi connectivity index (χ2v) is 3.75. The van der Waals surface area contributed by atoms with Gasteiger partial charge in [-0.05, 0) is 19.8 Å². The van der Waals surface area contributed by atoms with Crippen molar-refractivity contribution in [1.29, 1.82) is 0 Å². The maximum absolute atomic E-state index is 12.0. The largest absolute Gasteiger partial charge is 0.396 e. The zero-order chi connectivity index (χ0) is 12.1. The average Bonchev–Trinajstić information content (AvgIpc) is 2.67. The van der Waals surface area contributed by atoms with E-state index >= 15 is 0 Å². The van der Waals surface area contributed by atoms with Gasteiger partial charge in [0.25, 0.3) is 5.91 Å². The summed E-state index contributed by atoms with van der Waals surface area (Å²) in [4.78, 5) is 12.0. The molecule has 0 aliphatic rings. The van der Waals surface area contributed by atoms with Gasteiger partial charge in [0.05, 0.1) is 11.9 Å². The van der Waals surface area contributed by atoms with Crippen LogP contribution in [0, 0.1) is 0 Å². The van der Waals surface area contributed by atoms with Gasteiger partial charge in [0.15, 0.2) is 0 Å². The van der Waals surface area contributed by atoms with Gasteiger partial charge in [-0.15, -0.1) is 0 Å². The van der Waals surface area contributed by atoms with E-state index in [-0.39, 0.29) is 11.9 Å². The number of hydrogen-bond acceptors (Lipinski definition) is 3. The molecule has 1 aromatic rings. The van der Waals surface area contributed by atoms with Crippen LogP contribution in [0.1, 0.15) is 44.1 Å². The summed E-state index contributed by atoms with van der Waals surface area (Å²) in [5.41, 5.74) is 6.63. The minimum atomic E-state index is -0.134. The Labute approximate surface area is 96.0 Å². The fraction of sp³-hybridized carbons (Fsp3) is 0.636. The van der Waals surface area contributed by atoms with Crippen molar-refractivity contribution in [3.05, 3.63) is 11.9 Å². The number of nitrogens with one attached hydrogen (secondary N) is 1. The van der Waals surface area contributed by atoms with Crippen molar-refractivity contribution < 1.29 is 4.79 Å². The van der Waals surface area contributed by atoms with Gasteiger partial charge in [-0.3, -0.25) is 9.48 Å². The van der Waals surface area contributed by atoms with Gasteiger partial charge in [-0.25, -0.2) is 0 Å². The number of nitrogens with zero attached hydrogens (tertiary/aromatic N) is 2. The summed E-state index contributed by atoms with van der Waals surface area (Å²) in [6, 6.07) is 0.201. The first kappa shape index (κ1) is 12.5. The van der Waals surface area contributed by atoms with Gasteiger partial charge in [-0.1, -0.05) is 13.8 Å². The Balaban J connectivity index is 2.83. The number of hydrogen-bond donors (Lipinski definition) is 2. The summed E-state index contributed by atoms with van der Waals surface area (Å²) in [5.74, 6) is -0.134. The van der Waals surface area contributed by atoms with Crippen molar-refractivity contribution in [3.63, 3.8) is 0 Å². The number of aryl methyl sites for hydroxylation is 1. The molecular weight excluding hydrogens is 204 g/mol. The second-order valence-electron chi connectivity index (χ2n) is 3.75. The van der Waals surface area contributed by atoms with Crippen LogP contribution in [0.3, 0.4) is 0 Å². The zero-order valence-electron chi connectivity index (χ0n) is 10.2. The molecule has 1 rings (SSSR count). The molecule has 16 heavy (non-hydrogen) atoms. The standard InChI is InChI=1S/C11H20N4O/c1-4-8(5-2)14-11(16)10-9(12)7-13-15(10)6-3/h7-8H,4-6,12H2,1-3H3,(H,14,16). The number of carbonyl (C=O) groups excluding carboxylic acids is 1. The fourth-order valence-electron chi connectivity index (χ4n) is 1.63. The Morgan fingerprint density at radius 1 is 1.50 bits per heavy atom. The normalized spacial score (nSPS) is 10.8. The summed E-state index contributed by atoms with van der Waals surface area (Å²) >= 11 is 0. The van der Waals surface area contributed by atoms with Gasteiger partial charge in [0.1, 0.15) is 5.69 Å². The lowest BCUT2D eigenvalue weighted by Gasteiger charge is -2.15. The predicted molar refractivity (Wildman–Crippen MR) is 64.1 cm³/mol. The molecule has 1 heterocycles. The van der Waals surface area contributed by atoms with Crippen LogP contribution in [-0.2, 0) is 6.54 Å². The average molecular weight is 224 g/mol. The number of nitrogen functional groups attached to an aromatic ring is 1. The van der Waals surface area contributed by atoms with Crippen molar-refractivity contribution in [2.75, 3.05) is 5.73 Å². The number of carbonyl (C=O) groups is 1. The molecule has 0 fully saturated rings. The molecule has 0 saturated carbocycles. The monoisotopic (exact) mass is 224 g/mol. The van der Waals surface area contributed by atoms with Gasteiger partial charge in [0, 0.05) is 12.6 Å². The van der Waals surface area contributed by atoms with Crippen LogP contribution < -0.4 is 11.1 Å². The van der Waals surface area contributed by atoms with E-state index in [2.05, 4.69) is 24.3 Å². The minimum absolute atomic E-state index is 0.134. The maximum Gasteiger partial charge on any atom is 0.271 e. The quantitative estimate of drug-likeness (QED) is 0.794. The Bertz CT molecular complexity index is 355. The lowest BCUT2D eigenvalue weighted by atomic mass is 10.1. The lowest BCUT2D eigenvalue weighted by molar-refractivity contribution is 0.0925. The third-order valence-electron chi connectivity index (χ3n) is 2.70. The highest BCUT2D eigenvalue weighted by atomic mass is 16.2. The molecule has 0 bridgehead atoms. The van der Waals surface area contributed by atoms with Crippen LogP contribution in [-0.4, -0.2) is 21.7 Å². The highest BCUT2D eigenvalue weighted by molar-refractivity contribution is 5.97. The smallest absolute Gasteiger partial charge is 0.271 e. The summed E-state index contributed by atoms with van der Waals surface area (Å²) in [5, 5.41) is 7.00. The zero-order valence-corrected chi connectivity index (χ0v) is 10.2. The summed E-state index contributed by atoms with van der Waals surface area (Å²) < 4.78 is 1.62. The molecule has 0 radical (unpaired) electrons. The van der Waals surface area contributed by atoms with Crippen molar-refractivity contribution >= 4 is 11.6 Å². The number of aromatic nitrogens is 2. The maximum atomic E-state index is 12.0. The fourth-order valence-corrected chi connectivity index (χ4v) is 1.63. The molecule has 1 amide bonds. The second kappa shape index (κ2) is 5.53. The Morgan fingerprint density at radius 2 is 2.12 bits per heavy atom. The molecular formula is C11H20N4O. The Morgan fingerprint density at radius 3 is 2.62 bits per heavy atom. The molecule has 5 nitrogen and oxygen atoms in total. The van der Waals surface area contributed by atoms with E-state index in [1.54, 1.807) is 4.68 Å². The van der Waals surface area contributed by atoms with E-state index in [1.165, 1.54) is 6.20 Å². The van der Waals surface area contributed by atoms with E-state index in [1.807, 2.05) is 6.92 Å².